The number of para-hydroxylation sites is 2. The van der Waals surface area contributed by atoms with Crippen LogP contribution in [0.1, 0.15) is 30.9 Å². The van der Waals surface area contributed by atoms with Crippen LogP contribution >= 0.6 is 0 Å². The lowest BCUT2D eigenvalue weighted by molar-refractivity contribution is -0.385. The van der Waals surface area contributed by atoms with Crippen molar-refractivity contribution in [3.05, 3.63) is 104 Å². The Morgan fingerprint density at radius 1 is 1.06 bits per heavy atom. The average Bonchev–Trinajstić information content (AvgIpc) is 2.81. The van der Waals surface area contributed by atoms with Crippen LogP contribution in [0.5, 0.6) is 5.75 Å². The molecule has 6 rings (SSSR count). The van der Waals surface area contributed by atoms with Crippen LogP contribution in [0.15, 0.2) is 86.5 Å². The lowest BCUT2D eigenvalue weighted by Crippen LogP contribution is -2.54. The van der Waals surface area contributed by atoms with Gasteiger partial charge >= 0.3 is 5.63 Å². The summed E-state index contributed by atoms with van der Waals surface area (Å²) in [6.45, 7) is 3.73. The number of benzene rings is 2. The minimum Gasteiger partial charge on any atom is -0.457 e. The van der Waals surface area contributed by atoms with Gasteiger partial charge in [-0.25, -0.2) is 9.79 Å². The number of hydrogen-bond donors (Lipinski definition) is 0. The number of nitro groups is 1. The predicted octanol–water partition coefficient (Wildman–Crippen LogP) is 4.47. The summed E-state index contributed by atoms with van der Waals surface area (Å²) in [5.41, 5.74) is -1.07. The maximum Gasteiger partial charge on any atom is 0.343 e. The van der Waals surface area contributed by atoms with Gasteiger partial charge in [-0.1, -0.05) is 38.1 Å². The van der Waals surface area contributed by atoms with Crippen molar-refractivity contribution < 1.29 is 18.9 Å². The van der Waals surface area contributed by atoms with E-state index in [1.54, 1.807) is 42.5 Å². The van der Waals surface area contributed by atoms with Crippen LogP contribution in [-0.4, -0.2) is 22.1 Å². The number of carbonyl (C=O) groups is 1. The summed E-state index contributed by atoms with van der Waals surface area (Å²) in [6.07, 6.45) is 4.38. The van der Waals surface area contributed by atoms with Gasteiger partial charge in [0.15, 0.2) is 5.78 Å². The van der Waals surface area contributed by atoms with Crippen LogP contribution < -0.4 is 10.4 Å². The molecule has 2 bridgehead atoms. The fourth-order valence-corrected chi connectivity index (χ4v) is 5.35. The third-order valence-electron chi connectivity index (χ3n) is 6.81. The van der Waals surface area contributed by atoms with E-state index in [0.717, 1.165) is 0 Å². The number of ketones is 1. The third kappa shape index (κ3) is 2.56. The van der Waals surface area contributed by atoms with E-state index in [1.165, 1.54) is 18.2 Å². The minimum atomic E-state index is -1.41. The second-order valence-electron chi connectivity index (χ2n) is 9.15. The quantitative estimate of drug-likeness (QED) is 0.321. The summed E-state index contributed by atoms with van der Waals surface area (Å²) in [5.74, 6) is -0.544. The number of nitrogens with zero attached hydrogens (tertiary/aromatic N) is 2. The predicted molar refractivity (Wildman–Crippen MR) is 124 cm³/mol. The van der Waals surface area contributed by atoms with Crippen LogP contribution in [-0.2, 0) is 4.79 Å². The summed E-state index contributed by atoms with van der Waals surface area (Å²) in [5, 5.41) is 12.4. The topological polar surface area (TPSA) is 112 Å². The summed E-state index contributed by atoms with van der Waals surface area (Å²) < 4.78 is 12.1. The van der Waals surface area contributed by atoms with Crippen molar-refractivity contribution in [3.8, 4) is 5.75 Å². The van der Waals surface area contributed by atoms with Crippen molar-refractivity contribution in [2.24, 2.45) is 10.4 Å². The molecule has 0 saturated heterocycles. The number of nitro benzene ring substituents is 1. The fourth-order valence-electron chi connectivity index (χ4n) is 5.35. The first-order chi connectivity index (χ1) is 16.2. The standard InChI is InChI=1S/C26H18N2O6/c1-25(2)21-17-13-14(29)11-12-26(17,27-23(25)15-7-3-5-9-18(15)28(31)32)34-22-16-8-4-6-10-19(16)33-24(30)20(21)22/h3-13,21H,1-2H3/t21-,26+/m1/s1. The zero-order valence-corrected chi connectivity index (χ0v) is 18.3. The average molecular weight is 454 g/mol. The summed E-state index contributed by atoms with van der Waals surface area (Å²) >= 11 is 0. The first kappa shape index (κ1) is 20.3. The molecule has 0 fully saturated rings. The van der Waals surface area contributed by atoms with Crippen LogP contribution in [0.25, 0.3) is 11.0 Å². The Hall–Kier alpha value is -4.33. The molecule has 0 N–H and O–H groups in total. The molecule has 3 aliphatic rings. The maximum absolute atomic E-state index is 13.3. The van der Waals surface area contributed by atoms with Gasteiger partial charge in [0, 0.05) is 23.0 Å². The van der Waals surface area contributed by atoms with Crippen molar-refractivity contribution in [3.63, 3.8) is 0 Å². The highest BCUT2D eigenvalue weighted by atomic mass is 16.6. The molecule has 0 radical (unpaired) electrons. The molecule has 0 unspecified atom stereocenters. The molecular weight excluding hydrogens is 436 g/mol. The Labute approximate surface area is 193 Å². The number of carbonyl (C=O) groups excluding carboxylic acids is 1. The molecule has 0 saturated carbocycles. The first-order valence-corrected chi connectivity index (χ1v) is 10.8. The number of hydrogen-bond acceptors (Lipinski definition) is 7. The molecule has 3 heterocycles. The van der Waals surface area contributed by atoms with E-state index in [-0.39, 0.29) is 17.0 Å². The van der Waals surface area contributed by atoms with Crippen LogP contribution in [0, 0.1) is 15.5 Å². The Kier molecular flexibility index (Phi) is 3.94. The third-order valence-corrected chi connectivity index (χ3v) is 6.81. The molecule has 8 heteroatoms. The van der Waals surface area contributed by atoms with E-state index in [0.29, 0.717) is 33.6 Å². The molecule has 34 heavy (non-hydrogen) atoms. The van der Waals surface area contributed by atoms with Crippen LogP contribution in [0.3, 0.4) is 0 Å². The van der Waals surface area contributed by atoms with Gasteiger partial charge in [0.1, 0.15) is 11.3 Å². The normalized spacial score (nSPS) is 23.9. The van der Waals surface area contributed by atoms with Gasteiger partial charge in [-0.3, -0.25) is 14.9 Å². The highest BCUT2D eigenvalue weighted by Gasteiger charge is 2.58. The van der Waals surface area contributed by atoms with Gasteiger partial charge in [-0.15, -0.1) is 0 Å². The fraction of sp³-hybridized carbons (Fsp3) is 0.192. The Balaban J connectivity index is 1.73. The Morgan fingerprint density at radius 2 is 1.79 bits per heavy atom. The lowest BCUT2D eigenvalue weighted by atomic mass is 9.60. The molecule has 2 aromatic carbocycles. The highest BCUT2D eigenvalue weighted by molar-refractivity contribution is 6.11. The maximum atomic E-state index is 13.3. The zero-order valence-electron chi connectivity index (χ0n) is 18.3. The molecule has 168 valence electrons. The largest absolute Gasteiger partial charge is 0.457 e. The van der Waals surface area contributed by atoms with E-state index in [2.05, 4.69) is 0 Å². The second kappa shape index (κ2) is 6.60. The minimum absolute atomic E-state index is 0.0992. The monoisotopic (exact) mass is 454 g/mol. The summed E-state index contributed by atoms with van der Waals surface area (Å²) in [7, 11) is 0. The molecule has 0 amide bonds. The van der Waals surface area contributed by atoms with E-state index in [4.69, 9.17) is 14.1 Å². The molecule has 0 spiro atoms. The number of allylic oxidation sites excluding steroid dienone is 2. The van der Waals surface area contributed by atoms with Crippen molar-refractivity contribution >= 4 is 28.2 Å². The number of ether oxygens (including phenoxy) is 1. The van der Waals surface area contributed by atoms with Crippen molar-refractivity contribution in [1.29, 1.82) is 0 Å². The molecule has 8 nitrogen and oxygen atoms in total. The SMILES string of the molecule is CC1(C)C(c2ccccc2[N+](=O)[O-])=N[C@]23C=CC(=O)C=C2[C@@H]1c1c(c2ccccc2oc1=O)O3. The smallest absolute Gasteiger partial charge is 0.343 e. The molecular formula is C26H18N2O6. The molecule has 3 aromatic rings. The van der Waals surface area contributed by atoms with Crippen molar-refractivity contribution in [1.82, 2.24) is 0 Å². The van der Waals surface area contributed by atoms with Crippen LogP contribution in [0.2, 0.25) is 0 Å². The zero-order chi connectivity index (χ0) is 23.8. The number of aliphatic imine (C=N–C) groups is 1. The lowest BCUT2D eigenvalue weighted by Gasteiger charge is -2.51. The van der Waals surface area contributed by atoms with Crippen molar-refractivity contribution in [2.45, 2.75) is 25.5 Å². The van der Waals surface area contributed by atoms with E-state index in [1.807, 2.05) is 19.9 Å². The van der Waals surface area contributed by atoms with Crippen LogP contribution in [0.4, 0.5) is 5.69 Å². The van der Waals surface area contributed by atoms with E-state index in [9.17, 15) is 19.7 Å². The van der Waals surface area contributed by atoms with Gasteiger partial charge in [0.05, 0.1) is 27.1 Å². The van der Waals surface area contributed by atoms with Gasteiger partial charge in [-0.2, -0.15) is 0 Å². The second-order valence-corrected chi connectivity index (χ2v) is 9.15. The number of rotatable bonds is 2. The first-order valence-electron chi connectivity index (χ1n) is 10.8. The van der Waals surface area contributed by atoms with Crippen molar-refractivity contribution in [2.75, 3.05) is 0 Å². The summed E-state index contributed by atoms with van der Waals surface area (Å²) in [4.78, 5) is 42.0. The molecule has 2 atom stereocenters. The molecule has 2 aliphatic heterocycles. The van der Waals surface area contributed by atoms with Gasteiger partial charge < -0.3 is 9.15 Å². The number of fused-ring (bicyclic) bond motifs is 4. The van der Waals surface area contributed by atoms with Gasteiger partial charge in [0.2, 0.25) is 5.72 Å². The Morgan fingerprint density at radius 3 is 2.59 bits per heavy atom. The summed E-state index contributed by atoms with van der Waals surface area (Å²) in [6, 6.07) is 13.4. The van der Waals surface area contributed by atoms with E-state index < -0.39 is 27.6 Å². The Bertz CT molecular complexity index is 1590. The molecule has 1 aliphatic carbocycles. The van der Waals surface area contributed by atoms with Gasteiger partial charge in [0.25, 0.3) is 5.69 Å². The molecule has 1 aromatic heterocycles. The highest BCUT2D eigenvalue weighted by Crippen LogP contribution is 2.59. The van der Waals surface area contributed by atoms with E-state index >= 15 is 0 Å². The van der Waals surface area contributed by atoms with Gasteiger partial charge in [-0.05, 0) is 36.4 Å².